The molecule has 17 heavy (non-hydrogen) atoms. The van der Waals surface area contributed by atoms with Gasteiger partial charge in [-0.3, -0.25) is 4.79 Å². The van der Waals surface area contributed by atoms with Gasteiger partial charge in [-0.1, -0.05) is 0 Å². The molecule has 0 aromatic rings. The van der Waals surface area contributed by atoms with Crippen LogP contribution in [0.5, 0.6) is 0 Å². The van der Waals surface area contributed by atoms with Crippen LogP contribution in [0.25, 0.3) is 0 Å². The zero-order chi connectivity index (χ0) is 13.5. The Bertz CT molecular complexity index is 258. The molecule has 2 N–H and O–H groups in total. The first-order valence-electron chi connectivity index (χ1n) is 5.05. The van der Waals surface area contributed by atoms with E-state index in [0.717, 1.165) is 26.1 Å². The van der Waals surface area contributed by atoms with E-state index in [0.29, 0.717) is 6.54 Å². The number of nitrogens with two attached hydrogens (primary N) is 1. The molecule has 1 heterocycles. The van der Waals surface area contributed by atoms with Crippen molar-refractivity contribution in [3.8, 4) is 0 Å². The van der Waals surface area contributed by atoms with Gasteiger partial charge in [0.2, 0.25) is 6.29 Å². The Balaban J connectivity index is 0.000000366. The van der Waals surface area contributed by atoms with E-state index >= 15 is 0 Å². The third kappa shape index (κ3) is 6.77. The number of carbonyl (C=O) groups excluding carboxylic acids is 2. The van der Waals surface area contributed by atoms with E-state index in [1.165, 1.54) is 0 Å². The second-order valence-corrected chi connectivity index (χ2v) is 3.49. The predicted molar refractivity (Wildman–Crippen MR) is 55.4 cm³/mol. The normalized spacial score (nSPS) is 15.7. The summed E-state index contributed by atoms with van der Waals surface area (Å²) in [7, 11) is 1.82. The Kier molecular flexibility index (Phi) is 6.55. The van der Waals surface area contributed by atoms with Crippen LogP contribution >= 0.6 is 0 Å². The highest BCUT2D eigenvalue weighted by Crippen LogP contribution is 2.08. The van der Waals surface area contributed by atoms with Crippen molar-refractivity contribution in [2.75, 3.05) is 33.2 Å². The van der Waals surface area contributed by atoms with Crippen LogP contribution in [0.1, 0.15) is 6.42 Å². The molecule has 1 fully saturated rings. The number of halogens is 3. The van der Waals surface area contributed by atoms with Gasteiger partial charge in [-0.25, -0.2) is 4.79 Å². The maximum absolute atomic E-state index is 11.2. The molecule has 1 rings (SSSR count). The van der Waals surface area contributed by atoms with E-state index < -0.39 is 12.5 Å². The molecule has 0 aromatic carbocycles. The Morgan fingerprint density at radius 2 is 1.94 bits per heavy atom. The average Bonchev–Trinajstić information content (AvgIpc) is 2.57. The third-order valence-corrected chi connectivity index (χ3v) is 2.07. The number of carbonyl (C=O) groups is 2. The molecule has 0 bridgehead atoms. The van der Waals surface area contributed by atoms with Crippen LogP contribution in [-0.4, -0.2) is 61.5 Å². The average molecular weight is 255 g/mol. The summed E-state index contributed by atoms with van der Waals surface area (Å²) in [5.41, 5.74) is 5.34. The van der Waals surface area contributed by atoms with Crippen LogP contribution in [0.2, 0.25) is 0 Å². The fourth-order valence-corrected chi connectivity index (χ4v) is 1.19. The first-order chi connectivity index (χ1) is 7.81. The first-order valence-corrected chi connectivity index (χ1v) is 5.05. The zero-order valence-corrected chi connectivity index (χ0v) is 9.54. The van der Waals surface area contributed by atoms with Gasteiger partial charge in [-0.15, -0.1) is 0 Å². The minimum Gasteiger partial charge on any atom is -0.330 e. The molecule has 1 saturated heterocycles. The van der Waals surface area contributed by atoms with Crippen LogP contribution in [0, 0.1) is 0 Å². The molecule has 100 valence electrons. The maximum atomic E-state index is 11.2. The largest absolute Gasteiger partial charge is 0.446 e. The molecular weight excluding hydrogens is 239 g/mol. The fourth-order valence-electron chi connectivity index (χ4n) is 1.19. The molecule has 0 aliphatic carbocycles. The Morgan fingerprint density at radius 1 is 1.41 bits per heavy atom. The van der Waals surface area contributed by atoms with E-state index in [-0.39, 0.29) is 6.03 Å². The molecule has 0 saturated carbocycles. The number of nitrogens with zero attached hydrogens (tertiary/aromatic N) is 2. The van der Waals surface area contributed by atoms with E-state index in [2.05, 4.69) is 0 Å². The number of aldehydes is 1. The molecule has 0 radical (unpaired) electrons. The molecule has 0 spiro atoms. The van der Waals surface area contributed by atoms with E-state index in [9.17, 15) is 18.0 Å². The van der Waals surface area contributed by atoms with Crippen molar-refractivity contribution in [2.24, 2.45) is 5.73 Å². The standard InChI is InChI=1S/C7H15N3O.C2HF3O/c1-9-5-6-10(7(9)11)4-2-3-8;3-2(4,5)1-6/h2-6,8H2,1H3;1H. The van der Waals surface area contributed by atoms with Crippen molar-refractivity contribution in [3.05, 3.63) is 0 Å². The molecule has 2 amide bonds. The summed E-state index contributed by atoms with van der Waals surface area (Å²) < 4.78 is 31.2. The second kappa shape index (κ2) is 7.10. The minimum atomic E-state index is -4.64. The number of alkyl halides is 3. The van der Waals surface area contributed by atoms with Gasteiger partial charge in [-0.2, -0.15) is 13.2 Å². The van der Waals surface area contributed by atoms with Crippen molar-refractivity contribution in [2.45, 2.75) is 12.6 Å². The van der Waals surface area contributed by atoms with Gasteiger partial charge in [0, 0.05) is 26.7 Å². The summed E-state index contributed by atoms with van der Waals surface area (Å²) in [5.74, 6) is 0. The van der Waals surface area contributed by atoms with Gasteiger partial charge in [0.25, 0.3) is 0 Å². The zero-order valence-electron chi connectivity index (χ0n) is 9.54. The van der Waals surface area contributed by atoms with Gasteiger partial charge >= 0.3 is 12.2 Å². The van der Waals surface area contributed by atoms with Crippen molar-refractivity contribution >= 4 is 12.3 Å². The topological polar surface area (TPSA) is 66.6 Å². The van der Waals surface area contributed by atoms with Gasteiger partial charge in [0.15, 0.2) is 0 Å². The smallest absolute Gasteiger partial charge is 0.330 e. The molecule has 1 aliphatic heterocycles. The van der Waals surface area contributed by atoms with Crippen LogP contribution in [0.4, 0.5) is 18.0 Å². The highest BCUT2D eigenvalue weighted by atomic mass is 19.4. The molecule has 0 unspecified atom stereocenters. The number of hydrogen-bond donors (Lipinski definition) is 1. The number of likely N-dealkylation sites (N-methyl/N-ethyl adjacent to an activating group) is 1. The highest BCUT2D eigenvalue weighted by molar-refractivity contribution is 5.76. The maximum Gasteiger partial charge on any atom is 0.446 e. The monoisotopic (exact) mass is 255 g/mol. The van der Waals surface area contributed by atoms with Crippen molar-refractivity contribution in [1.29, 1.82) is 0 Å². The lowest BCUT2D eigenvalue weighted by Crippen LogP contribution is -2.31. The summed E-state index contributed by atoms with van der Waals surface area (Å²) in [4.78, 5) is 23.5. The Hall–Kier alpha value is -1.31. The lowest BCUT2D eigenvalue weighted by molar-refractivity contribution is -0.156. The Labute approximate surface area is 97.3 Å². The molecular formula is C9H16F3N3O2. The third-order valence-electron chi connectivity index (χ3n) is 2.07. The first kappa shape index (κ1) is 15.7. The number of amides is 2. The van der Waals surface area contributed by atoms with Crippen molar-refractivity contribution < 1.29 is 22.8 Å². The van der Waals surface area contributed by atoms with E-state index in [1.807, 2.05) is 11.9 Å². The lowest BCUT2D eigenvalue weighted by atomic mass is 10.4. The van der Waals surface area contributed by atoms with Crippen LogP contribution < -0.4 is 5.73 Å². The molecule has 5 nitrogen and oxygen atoms in total. The SMILES string of the molecule is CN1CCN(CCCN)C1=O.O=CC(F)(F)F. The van der Waals surface area contributed by atoms with Gasteiger partial charge < -0.3 is 15.5 Å². The second-order valence-electron chi connectivity index (χ2n) is 3.49. The van der Waals surface area contributed by atoms with Crippen LogP contribution in [-0.2, 0) is 4.79 Å². The summed E-state index contributed by atoms with van der Waals surface area (Å²) in [6.07, 6.45) is -4.80. The van der Waals surface area contributed by atoms with Gasteiger partial charge in [0.1, 0.15) is 0 Å². The van der Waals surface area contributed by atoms with Crippen molar-refractivity contribution in [1.82, 2.24) is 9.80 Å². The van der Waals surface area contributed by atoms with Crippen LogP contribution in [0.15, 0.2) is 0 Å². The number of urea groups is 1. The van der Waals surface area contributed by atoms with Gasteiger partial charge in [-0.05, 0) is 13.0 Å². The molecule has 0 atom stereocenters. The summed E-state index contributed by atoms with van der Waals surface area (Å²) >= 11 is 0. The molecule has 0 aromatic heterocycles. The predicted octanol–water partition coefficient (Wildman–Crippen LogP) is 0.450. The number of rotatable bonds is 3. The van der Waals surface area contributed by atoms with E-state index in [1.54, 1.807) is 4.90 Å². The van der Waals surface area contributed by atoms with Crippen LogP contribution in [0.3, 0.4) is 0 Å². The lowest BCUT2D eigenvalue weighted by Gasteiger charge is -2.14. The number of hydrogen-bond acceptors (Lipinski definition) is 3. The minimum absolute atomic E-state index is 0.137. The quantitative estimate of drug-likeness (QED) is 0.744. The molecule has 8 heteroatoms. The van der Waals surface area contributed by atoms with E-state index in [4.69, 9.17) is 10.5 Å². The Morgan fingerprint density at radius 3 is 2.24 bits per heavy atom. The molecule has 1 aliphatic rings. The fraction of sp³-hybridized carbons (Fsp3) is 0.778. The highest BCUT2D eigenvalue weighted by Gasteiger charge is 2.25. The van der Waals surface area contributed by atoms with Crippen molar-refractivity contribution in [3.63, 3.8) is 0 Å². The summed E-state index contributed by atoms with van der Waals surface area (Å²) in [6, 6.07) is 0.137. The van der Waals surface area contributed by atoms with Gasteiger partial charge in [0.05, 0.1) is 0 Å². The summed E-state index contributed by atoms with van der Waals surface area (Å²) in [6.45, 7) is 3.17. The summed E-state index contributed by atoms with van der Waals surface area (Å²) in [5, 5.41) is 0.